The third-order valence-corrected chi connectivity index (χ3v) is 8.86. The van der Waals surface area contributed by atoms with E-state index in [1.165, 1.54) is 27.5 Å². The van der Waals surface area contributed by atoms with Crippen molar-refractivity contribution in [2.24, 2.45) is 0 Å². The molecule has 0 spiro atoms. The predicted molar refractivity (Wildman–Crippen MR) is 200 cm³/mol. The van der Waals surface area contributed by atoms with Gasteiger partial charge in [0.25, 0.3) is 0 Å². The highest BCUT2D eigenvalue weighted by Crippen LogP contribution is 2.38. The number of nitrogen functional groups attached to an aromatic ring is 2. The summed E-state index contributed by atoms with van der Waals surface area (Å²) in [5.41, 5.74) is 26.2. The van der Waals surface area contributed by atoms with Gasteiger partial charge in [-0.05, 0) is 111 Å². The van der Waals surface area contributed by atoms with Crippen molar-refractivity contribution in [2.45, 2.75) is 0 Å². The standard InChI is InChI=1S/C44H33N3/c45-37-20-14-31(15-21-37)34-18-24-43-41(28-34)42-29-35(32-16-22-38(46)23-17-32)19-25-44(42)47(43)39-13-7-12-36(27-39)40(33-10-5-2-6-11-33)26-30-8-3-1-4-9-30/h1-29H,45-46H2/b40-26+. The SMILES string of the molecule is Nc1ccc(-c2ccc3c(c2)c2cc(-c4ccc(N)cc4)ccc2n3-c2cccc(/C(=C/c3ccccc3)c3ccccc3)c2)cc1. The van der Waals surface area contributed by atoms with Crippen LogP contribution in [-0.4, -0.2) is 4.57 Å². The molecule has 0 aliphatic rings. The topological polar surface area (TPSA) is 57.0 Å². The number of benzene rings is 7. The van der Waals surface area contributed by atoms with Crippen molar-refractivity contribution in [3.63, 3.8) is 0 Å². The van der Waals surface area contributed by atoms with E-state index < -0.39 is 0 Å². The van der Waals surface area contributed by atoms with Crippen LogP contribution in [0.25, 0.3) is 61.4 Å². The zero-order valence-corrected chi connectivity index (χ0v) is 25.8. The Morgan fingerprint density at radius 2 is 0.915 bits per heavy atom. The molecule has 0 saturated carbocycles. The van der Waals surface area contributed by atoms with Crippen LogP contribution in [0.2, 0.25) is 0 Å². The van der Waals surface area contributed by atoms with E-state index in [0.29, 0.717) is 0 Å². The molecule has 3 heteroatoms. The average Bonchev–Trinajstić information content (AvgIpc) is 3.45. The van der Waals surface area contributed by atoms with Crippen LogP contribution in [0, 0.1) is 0 Å². The molecule has 0 aliphatic carbocycles. The first-order valence-electron chi connectivity index (χ1n) is 15.8. The van der Waals surface area contributed by atoms with Crippen LogP contribution in [0.3, 0.4) is 0 Å². The summed E-state index contributed by atoms with van der Waals surface area (Å²) < 4.78 is 2.39. The second-order valence-corrected chi connectivity index (χ2v) is 11.9. The Morgan fingerprint density at radius 1 is 0.426 bits per heavy atom. The molecule has 3 nitrogen and oxygen atoms in total. The maximum Gasteiger partial charge on any atom is 0.0541 e. The number of fused-ring (bicyclic) bond motifs is 3. The molecule has 0 amide bonds. The van der Waals surface area contributed by atoms with E-state index in [4.69, 9.17) is 11.5 Å². The fourth-order valence-electron chi connectivity index (χ4n) is 6.49. The summed E-state index contributed by atoms with van der Waals surface area (Å²) in [6, 6.07) is 59.7. The molecule has 0 fully saturated rings. The van der Waals surface area contributed by atoms with Gasteiger partial charge in [0, 0.05) is 27.8 Å². The molecule has 0 bridgehead atoms. The summed E-state index contributed by atoms with van der Waals surface area (Å²) >= 11 is 0. The van der Waals surface area contributed by atoms with Crippen molar-refractivity contribution >= 4 is 44.8 Å². The van der Waals surface area contributed by atoms with Gasteiger partial charge in [-0.1, -0.05) is 109 Å². The third-order valence-electron chi connectivity index (χ3n) is 8.86. The zero-order chi connectivity index (χ0) is 31.7. The van der Waals surface area contributed by atoms with Crippen molar-refractivity contribution in [2.75, 3.05) is 11.5 Å². The normalized spacial score (nSPS) is 11.7. The largest absolute Gasteiger partial charge is 0.399 e. The number of nitrogens with zero attached hydrogens (tertiary/aromatic N) is 1. The Labute approximate surface area is 274 Å². The molecule has 1 heterocycles. The first-order valence-corrected chi connectivity index (χ1v) is 15.8. The van der Waals surface area contributed by atoms with Gasteiger partial charge in [-0.2, -0.15) is 0 Å². The smallest absolute Gasteiger partial charge is 0.0541 e. The molecule has 0 unspecified atom stereocenters. The van der Waals surface area contributed by atoms with Crippen LogP contribution >= 0.6 is 0 Å². The average molecular weight is 604 g/mol. The van der Waals surface area contributed by atoms with Crippen molar-refractivity contribution in [3.8, 4) is 27.9 Å². The van der Waals surface area contributed by atoms with E-state index in [1.54, 1.807) is 0 Å². The third kappa shape index (κ3) is 5.45. The zero-order valence-electron chi connectivity index (χ0n) is 25.8. The van der Waals surface area contributed by atoms with Crippen LogP contribution in [0.5, 0.6) is 0 Å². The van der Waals surface area contributed by atoms with Crippen LogP contribution in [0.1, 0.15) is 16.7 Å². The summed E-state index contributed by atoms with van der Waals surface area (Å²) in [7, 11) is 0. The summed E-state index contributed by atoms with van der Waals surface area (Å²) in [5, 5.41) is 2.39. The Hall–Kier alpha value is -6.32. The lowest BCUT2D eigenvalue weighted by Crippen LogP contribution is -1.96. The number of nitrogens with two attached hydrogens (primary N) is 2. The second-order valence-electron chi connectivity index (χ2n) is 11.9. The fraction of sp³-hybridized carbons (Fsp3) is 0. The van der Waals surface area contributed by atoms with Crippen molar-refractivity contribution in [3.05, 3.63) is 187 Å². The van der Waals surface area contributed by atoms with Gasteiger partial charge in [0.2, 0.25) is 0 Å². The monoisotopic (exact) mass is 603 g/mol. The predicted octanol–water partition coefficient (Wildman–Crippen LogP) is 10.9. The number of rotatable bonds is 6. The molecule has 47 heavy (non-hydrogen) atoms. The van der Waals surface area contributed by atoms with Crippen LogP contribution in [-0.2, 0) is 0 Å². The number of anilines is 2. The lowest BCUT2D eigenvalue weighted by atomic mass is 9.95. The van der Waals surface area contributed by atoms with E-state index >= 15 is 0 Å². The van der Waals surface area contributed by atoms with E-state index in [0.717, 1.165) is 55.9 Å². The van der Waals surface area contributed by atoms with Gasteiger partial charge in [-0.25, -0.2) is 0 Å². The Bertz CT molecular complexity index is 2280. The fourth-order valence-corrected chi connectivity index (χ4v) is 6.49. The van der Waals surface area contributed by atoms with Crippen LogP contribution in [0.15, 0.2) is 170 Å². The van der Waals surface area contributed by atoms with Crippen molar-refractivity contribution in [1.29, 1.82) is 0 Å². The van der Waals surface area contributed by atoms with E-state index in [1.807, 2.05) is 24.3 Å². The van der Waals surface area contributed by atoms with Crippen molar-refractivity contribution < 1.29 is 0 Å². The molecule has 4 N–H and O–H groups in total. The maximum absolute atomic E-state index is 6.02. The van der Waals surface area contributed by atoms with Crippen molar-refractivity contribution in [1.82, 2.24) is 4.57 Å². The van der Waals surface area contributed by atoms with Gasteiger partial charge in [0.15, 0.2) is 0 Å². The Kier molecular flexibility index (Phi) is 7.12. The quantitative estimate of drug-likeness (QED) is 0.147. The Morgan fingerprint density at radius 3 is 1.47 bits per heavy atom. The molecule has 8 aromatic rings. The Balaban J connectivity index is 1.34. The number of aromatic nitrogens is 1. The lowest BCUT2D eigenvalue weighted by molar-refractivity contribution is 1.18. The highest BCUT2D eigenvalue weighted by atomic mass is 15.0. The van der Waals surface area contributed by atoms with Gasteiger partial charge in [-0.3, -0.25) is 0 Å². The first-order chi connectivity index (χ1) is 23.1. The second kappa shape index (κ2) is 11.9. The van der Waals surface area contributed by atoms with E-state index in [-0.39, 0.29) is 0 Å². The minimum Gasteiger partial charge on any atom is -0.399 e. The first kappa shape index (κ1) is 28.2. The summed E-state index contributed by atoms with van der Waals surface area (Å²) in [5.74, 6) is 0. The summed E-state index contributed by atoms with van der Waals surface area (Å²) in [4.78, 5) is 0. The minimum absolute atomic E-state index is 0.760. The molecule has 0 atom stereocenters. The molecule has 0 aliphatic heterocycles. The van der Waals surface area contributed by atoms with Crippen LogP contribution < -0.4 is 11.5 Å². The lowest BCUT2D eigenvalue weighted by Gasteiger charge is -2.14. The molecular formula is C44H33N3. The molecule has 7 aromatic carbocycles. The number of hydrogen-bond donors (Lipinski definition) is 2. The summed E-state index contributed by atoms with van der Waals surface area (Å²) in [6.45, 7) is 0. The molecule has 8 rings (SSSR count). The van der Waals surface area contributed by atoms with Crippen LogP contribution in [0.4, 0.5) is 11.4 Å². The molecule has 0 saturated heterocycles. The van der Waals surface area contributed by atoms with E-state index in [9.17, 15) is 0 Å². The maximum atomic E-state index is 6.02. The van der Waals surface area contributed by atoms with Gasteiger partial charge in [0.05, 0.1) is 11.0 Å². The highest BCUT2D eigenvalue weighted by Gasteiger charge is 2.16. The van der Waals surface area contributed by atoms with Gasteiger partial charge >= 0.3 is 0 Å². The number of hydrogen-bond acceptors (Lipinski definition) is 2. The summed E-state index contributed by atoms with van der Waals surface area (Å²) in [6.07, 6.45) is 2.28. The molecule has 224 valence electrons. The molecular weight excluding hydrogens is 571 g/mol. The van der Waals surface area contributed by atoms with Gasteiger partial charge in [0.1, 0.15) is 0 Å². The van der Waals surface area contributed by atoms with E-state index in [2.05, 4.69) is 156 Å². The molecule has 0 radical (unpaired) electrons. The molecule has 1 aromatic heterocycles. The van der Waals surface area contributed by atoms with Gasteiger partial charge in [-0.15, -0.1) is 0 Å². The van der Waals surface area contributed by atoms with Gasteiger partial charge < -0.3 is 16.0 Å². The minimum atomic E-state index is 0.760. The highest BCUT2D eigenvalue weighted by molar-refractivity contribution is 6.11.